The van der Waals surface area contributed by atoms with E-state index in [4.69, 9.17) is 5.11 Å². The van der Waals surface area contributed by atoms with Crippen LogP contribution in [0.5, 0.6) is 0 Å². The van der Waals surface area contributed by atoms with Crippen LogP contribution in [0.3, 0.4) is 0 Å². The predicted molar refractivity (Wildman–Crippen MR) is 56.4 cm³/mol. The Morgan fingerprint density at radius 1 is 1.57 bits per heavy atom. The zero-order chi connectivity index (χ0) is 10.6. The Balaban J connectivity index is 3.07. The summed E-state index contributed by atoms with van der Waals surface area (Å²) in [6.45, 7) is 5.59. The fourth-order valence-corrected chi connectivity index (χ4v) is 1.51. The highest BCUT2D eigenvalue weighted by molar-refractivity contribution is 5.71. The fourth-order valence-electron chi connectivity index (χ4n) is 1.51. The number of carboxylic acids is 1. The van der Waals surface area contributed by atoms with Crippen molar-refractivity contribution < 1.29 is 9.90 Å². The van der Waals surface area contributed by atoms with Gasteiger partial charge in [-0.1, -0.05) is 24.3 Å². The summed E-state index contributed by atoms with van der Waals surface area (Å²) in [5.74, 6) is -0.787. The van der Waals surface area contributed by atoms with Crippen LogP contribution in [-0.2, 0) is 17.6 Å². The van der Waals surface area contributed by atoms with Crippen molar-refractivity contribution in [1.29, 1.82) is 0 Å². The molecule has 2 heteroatoms. The number of allylic oxidation sites excluding steroid dienone is 1. The standard InChI is InChI=1S/C12H14O2/c1-3-5-10-7-4-6-9(2)11(10)8-12(13)14/h3-4,6-7H,1,5,8H2,2H3,(H,13,14). The molecule has 0 aliphatic heterocycles. The van der Waals surface area contributed by atoms with Crippen molar-refractivity contribution in [1.82, 2.24) is 0 Å². The summed E-state index contributed by atoms with van der Waals surface area (Å²) in [4.78, 5) is 10.7. The summed E-state index contributed by atoms with van der Waals surface area (Å²) in [5, 5.41) is 8.76. The van der Waals surface area contributed by atoms with Gasteiger partial charge in [0, 0.05) is 0 Å². The van der Waals surface area contributed by atoms with Gasteiger partial charge in [-0.05, 0) is 30.0 Å². The quantitative estimate of drug-likeness (QED) is 0.740. The fraction of sp³-hybridized carbons (Fsp3) is 0.250. The van der Waals surface area contributed by atoms with Gasteiger partial charge in [0.15, 0.2) is 0 Å². The lowest BCUT2D eigenvalue weighted by molar-refractivity contribution is -0.136. The SMILES string of the molecule is C=CCc1cccc(C)c1CC(=O)O. The molecule has 0 atom stereocenters. The van der Waals surface area contributed by atoms with E-state index in [-0.39, 0.29) is 6.42 Å². The van der Waals surface area contributed by atoms with Gasteiger partial charge in [-0.3, -0.25) is 4.79 Å². The van der Waals surface area contributed by atoms with Crippen LogP contribution >= 0.6 is 0 Å². The van der Waals surface area contributed by atoms with Gasteiger partial charge in [0.2, 0.25) is 0 Å². The molecule has 0 heterocycles. The van der Waals surface area contributed by atoms with Gasteiger partial charge in [-0.15, -0.1) is 6.58 Å². The highest BCUT2D eigenvalue weighted by Crippen LogP contribution is 2.15. The van der Waals surface area contributed by atoms with Gasteiger partial charge in [0.1, 0.15) is 0 Å². The number of hydrogen-bond donors (Lipinski definition) is 1. The Labute approximate surface area is 83.9 Å². The van der Waals surface area contributed by atoms with Crippen LogP contribution in [0.15, 0.2) is 30.9 Å². The molecule has 0 spiro atoms. The van der Waals surface area contributed by atoms with E-state index in [0.717, 1.165) is 23.1 Å². The molecular formula is C12H14O2. The third-order valence-electron chi connectivity index (χ3n) is 2.20. The Morgan fingerprint density at radius 2 is 2.29 bits per heavy atom. The van der Waals surface area contributed by atoms with E-state index in [1.165, 1.54) is 0 Å². The third-order valence-corrected chi connectivity index (χ3v) is 2.20. The molecule has 1 aromatic carbocycles. The monoisotopic (exact) mass is 190 g/mol. The first kappa shape index (κ1) is 10.5. The van der Waals surface area contributed by atoms with Crippen molar-refractivity contribution in [3.63, 3.8) is 0 Å². The van der Waals surface area contributed by atoms with Crippen LogP contribution in [0.1, 0.15) is 16.7 Å². The Hall–Kier alpha value is -1.57. The number of hydrogen-bond acceptors (Lipinski definition) is 1. The number of rotatable bonds is 4. The molecule has 0 amide bonds. The largest absolute Gasteiger partial charge is 0.481 e. The van der Waals surface area contributed by atoms with Crippen molar-refractivity contribution in [2.75, 3.05) is 0 Å². The number of aryl methyl sites for hydroxylation is 1. The summed E-state index contributed by atoms with van der Waals surface area (Å²) in [7, 11) is 0. The van der Waals surface area contributed by atoms with Crippen LogP contribution in [0.4, 0.5) is 0 Å². The van der Waals surface area contributed by atoms with Crippen LogP contribution < -0.4 is 0 Å². The van der Waals surface area contributed by atoms with Gasteiger partial charge in [-0.25, -0.2) is 0 Å². The highest BCUT2D eigenvalue weighted by atomic mass is 16.4. The molecule has 0 saturated carbocycles. The molecule has 0 radical (unpaired) electrons. The topological polar surface area (TPSA) is 37.3 Å². The van der Waals surface area contributed by atoms with E-state index in [1.54, 1.807) is 6.08 Å². The summed E-state index contributed by atoms with van der Waals surface area (Å²) < 4.78 is 0. The number of carboxylic acid groups (broad SMARTS) is 1. The van der Waals surface area contributed by atoms with Crippen LogP contribution in [-0.4, -0.2) is 11.1 Å². The highest BCUT2D eigenvalue weighted by Gasteiger charge is 2.07. The zero-order valence-corrected chi connectivity index (χ0v) is 8.29. The number of benzene rings is 1. The molecule has 0 unspecified atom stereocenters. The lowest BCUT2D eigenvalue weighted by Crippen LogP contribution is -2.05. The molecule has 1 aromatic rings. The smallest absolute Gasteiger partial charge is 0.307 e. The second-order valence-electron chi connectivity index (χ2n) is 3.28. The minimum absolute atomic E-state index is 0.0931. The maximum absolute atomic E-state index is 10.7. The van der Waals surface area contributed by atoms with E-state index in [1.807, 2.05) is 25.1 Å². The Bertz CT molecular complexity index is 353. The minimum Gasteiger partial charge on any atom is -0.481 e. The molecule has 0 aliphatic rings. The molecule has 74 valence electrons. The molecule has 2 nitrogen and oxygen atoms in total. The first-order valence-corrected chi connectivity index (χ1v) is 4.55. The second kappa shape index (κ2) is 4.61. The zero-order valence-electron chi connectivity index (χ0n) is 8.29. The second-order valence-corrected chi connectivity index (χ2v) is 3.28. The molecular weight excluding hydrogens is 176 g/mol. The van der Waals surface area contributed by atoms with Crippen LogP contribution in [0.2, 0.25) is 0 Å². The molecule has 0 fully saturated rings. The summed E-state index contributed by atoms with van der Waals surface area (Å²) in [5.41, 5.74) is 3.01. The molecule has 0 bridgehead atoms. The first-order chi connectivity index (χ1) is 6.65. The molecule has 0 aliphatic carbocycles. The van der Waals surface area contributed by atoms with Crippen molar-refractivity contribution in [3.8, 4) is 0 Å². The average molecular weight is 190 g/mol. The van der Waals surface area contributed by atoms with E-state index in [2.05, 4.69) is 6.58 Å². The minimum atomic E-state index is -0.787. The summed E-state index contributed by atoms with van der Waals surface area (Å²) in [6.07, 6.45) is 2.61. The van der Waals surface area contributed by atoms with Gasteiger partial charge in [0.25, 0.3) is 0 Å². The summed E-state index contributed by atoms with van der Waals surface area (Å²) in [6, 6.07) is 5.83. The number of aliphatic carboxylic acids is 1. The lowest BCUT2D eigenvalue weighted by Gasteiger charge is -2.08. The van der Waals surface area contributed by atoms with Gasteiger partial charge < -0.3 is 5.11 Å². The maximum atomic E-state index is 10.7. The van der Waals surface area contributed by atoms with Crippen LogP contribution in [0.25, 0.3) is 0 Å². The maximum Gasteiger partial charge on any atom is 0.307 e. The molecule has 1 rings (SSSR count). The molecule has 1 N–H and O–H groups in total. The lowest BCUT2D eigenvalue weighted by atomic mass is 9.97. The molecule has 14 heavy (non-hydrogen) atoms. The van der Waals surface area contributed by atoms with Crippen molar-refractivity contribution in [3.05, 3.63) is 47.5 Å². The first-order valence-electron chi connectivity index (χ1n) is 4.55. The average Bonchev–Trinajstić information content (AvgIpc) is 2.11. The Kier molecular flexibility index (Phi) is 3.46. The van der Waals surface area contributed by atoms with Crippen LogP contribution in [0, 0.1) is 6.92 Å². The molecule has 0 saturated heterocycles. The van der Waals surface area contributed by atoms with E-state index in [9.17, 15) is 4.79 Å². The van der Waals surface area contributed by atoms with Crippen molar-refractivity contribution in [2.45, 2.75) is 19.8 Å². The summed E-state index contributed by atoms with van der Waals surface area (Å²) >= 11 is 0. The third kappa shape index (κ3) is 2.46. The predicted octanol–water partition coefficient (Wildman–Crippen LogP) is 2.35. The van der Waals surface area contributed by atoms with Gasteiger partial charge >= 0.3 is 5.97 Å². The van der Waals surface area contributed by atoms with E-state index >= 15 is 0 Å². The van der Waals surface area contributed by atoms with E-state index < -0.39 is 5.97 Å². The molecule has 0 aromatic heterocycles. The van der Waals surface area contributed by atoms with E-state index in [0.29, 0.717) is 0 Å². The van der Waals surface area contributed by atoms with Crippen molar-refractivity contribution in [2.24, 2.45) is 0 Å². The number of carbonyl (C=O) groups is 1. The normalized spacial score (nSPS) is 9.79. The Morgan fingerprint density at radius 3 is 2.86 bits per heavy atom. The van der Waals surface area contributed by atoms with Crippen molar-refractivity contribution >= 4 is 5.97 Å². The van der Waals surface area contributed by atoms with Gasteiger partial charge in [-0.2, -0.15) is 0 Å². The van der Waals surface area contributed by atoms with Gasteiger partial charge in [0.05, 0.1) is 6.42 Å².